The van der Waals surface area contributed by atoms with Crippen LogP contribution < -0.4 is 9.62 Å². The van der Waals surface area contributed by atoms with E-state index in [1.54, 1.807) is 0 Å². The number of hydrogen-bond donors (Lipinski definition) is 1. The van der Waals surface area contributed by atoms with Crippen molar-refractivity contribution in [2.45, 2.75) is 46.2 Å². The number of carbonyl (C=O) groups is 1. The Bertz CT molecular complexity index is 1050. The SMILES string of the molecule is CC[C@@H](NC(=O)[C@H](C)N(c1cccc([N+](=O)[O-])c1)S(C)(=O)=O)c1ccc(C)cc1C. The molecule has 0 fully saturated rings. The molecule has 0 heterocycles. The van der Waals surface area contributed by atoms with E-state index in [0.29, 0.717) is 6.42 Å². The fraction of sp³-hybridized carbons (Fsp3) is 0.381. The van der Waals surface area contributed by atoms with Crippen LogP contribution >= 0.6 is 0 Å². The molecule has 9 heteroatoms. The van der Waals surface area contributed by atoms with Gasteiger partial charge in [0.1, 0.15) is 6.04 Å². The summed E-state index contributed by atoms with van der Waals surface area (Å²) in [4.78, 5) is 23.5. The van der Waals surface area contributed by atoms with Gasteiger partial charge in [0, 0.05) is 12.1 Å². The number of nitrogens with one attached hydrogen (secondary N) is 1. The molecule has 0 bridgehead atoms. The predicted molar refractivity (Wildman–Crippen MR) is 117 cm³/mol. The van der Waals surface area contributed by atoms with Crippen LogP contribution in [0.25, 0.3) is 0 Å². The summed E-state index contributed by atoms with van der Waals surface area (Å²) < 4.78 is 25.8. The van der Waals surface area contributed by atoms with E-state index in [0.717, 1.165) is 33.3 Å². The third kappa shape index (κ3) is 5.35. The van der Waals surface area contributed by atoms with E-state index in [1.165, 1.54) is 25.1 Å². The van der Waals surface area contributed by atoms with Gasteiger partial charge >= 0.3 is 0 Å². The van der Waals surface area contributed by atoms with Crippen molar-refractivity contribution in [1.29, 1.82) is 0 Å². The maximum absolute atomic E-state index is 13.0. The lowest BCUT2D eigenvalue weighted by Gasteiger charge is -2.30. The first-order chi connectivity index (χ1) is 14.0. The molecule has 1 N–H and O–H groups in total. The van der Waals surface area contributed by atoms with Crippen LogP contribution in [-0.2, 0) is 14.8 Å². The first-order valence-electron chi connectivity index (χ1n) is 9.57. The van der Waals surface area contributed by atoms with Gasteiger partial charge in [0.2, 0.25) is 15.9 Å². The van der Waals surface area contributed by atoms with Crippen LogP contribution in [0.15, 0.2) is 42.5 Å². The molecule has 0 aromatic heterocycles. The summed E-state index contributed by atoms with van der Waals surface area (Å²) in [6.07, 6.45) is 1.59. The normalized spacial score (nSPS) is 13.4. The molecule has 0 unspecified atom stereocenters. The van der Waals surface area contributed by atoms with Gasteiger partial charge in [0.15, 0.2) is 0 Å². The van der Waals surface area contributed by atoms with Crippen molar-refractivity contribution in [3.05, 3.63) is 69.3 Å². The minimum absolute atomic E-state index is 0.0638. The highest BCUT2D eigenvalue weighted by Crippen LogP contribution is 2.26. The maximum Gasteiger partial charge on any atom is 0.271 e. The van der Waals surface area contributed by atoms with Gasteiger partial charge in [-0.2, -0.15) is 0 Å². The molecular weight excluding hydrogens is 406 g/mol. The van der Waals surface area contributed by atoms with Crippen LogP contribution in [0.4, 0.5) is 11.4 Å². The van der Waals surface area contributed by atoms with Gasteiger partial charge in [0.05, 0.1) is 22.9 Å². The van der Waals surface area contributed by atoms with E-state index in [1.807, 2.05) is 39.0 Å². The Labute approximate surface area is 177 Å². The zero-order chi connectivity index (χ0) is 22.6. The summed E-state index contributed by atoms with van der Waals surface area (Å²) in [6, 6.07) is 9.80. The molecule has 2 aromatic rings. The van der Waals surface area contributed by atoms with Crippen LogP contribution in [0.1, 0.15) is 43.0 Å². The smallest absolute Gasteiger partial charge is 0.271 e. The zero-order valence-corrected chi connectivity index (χ0v) is 18.6. The van der Waals surface area contributed by atoms with E-state index >= 15 is 0 Å². The van der Waals surface area contributed by atoms with Gasteiger partial charge in [-0.15, -0.1) is 0 Å². The van der Waals surface area contributed by atoms with Crippen molar-refractivity contribution < 1.29 is 18.1 Å². The van der Waals surface area contributed by atoms with E-state index in [-0.39, 0.29) is 17.4 Å². The molecule has 0 saturated heterocycles. The standard InChI is InChI=1S/C21H27N3O5S/c1-6-20(19-11-10-14(2)12-15(19)3)22-21(25)16(4)23(30(5,28)29)17-8-7-9-18(13-17)24(26)27/h7-13,16,20H,6H2,1-5H3,(H,22,25)/t16-,20+/m0/s1. The number of sulfonamides is 1. The van der Waals surface area contributed by atoms with E-state index in [4.69, 9.17) is 0 Å². The number of nitro groups is 1. The minimum atomic E-state index is -3.88. The maximum atomic E-state index is 13.0. The average Bonchev–Trinajstić information content (AvgIpc) is 2.65. The molecule has 30 heavy (non-hydrogen) atoms. The second-order valence-corrected chi connectivity index (χ2v) is 9.20. The van der Waals surface area contributed by atoms with E-state index < -0.39 is 26.9 Å². The van der Waals surface area contributed by atoms with Crippen molar-refractivity contribution in [2.75, 3.05) is 10.6 Å². The number of hydrogen-bond acceptors (Lipinski definition) is 5. The lowest BCUT2D eigenvalue weighted by Crippen LogP contribution is -2.48. The topological polar surface area (TPSA) is 110 Å². The van der Waals surface area contributed by atoms with Crippen LogP contribution in [0.2, 0.25) is 0 Å². The van der Waals surface area contributed by atoms with Crippen LogP contribution in [-0.4, -0.2) is 31.5 Å². The highest BCUT2D eigenvalue weighted by Gasteiger charge is 2.31. The first kappa shape index (κ1) is 23.3. The Morgan fingerprint density at radius 3 is 2.40 bits per heavy atom. The minimum Gasteiger partial charge on any atom is -0.347 e. The molecule has 0 aliphatic rings. The van der Waals surface area contributed by atoms with Crippen molar-refractivity contribution in [3.63, 3.8) is 0 Å². The monoisotopic (exact) mass is 433 g/mol. The third-order valence-corrected chi connectivity index (χ3v) is 6.15. The average molecular weight is 434 g/mol. The number of rotatable bonds is 8. The summed E-state index contributed by atoms with van der Waals surface area (Å²) >= 11 is 0. The van der Waals surface area contributed by atoms with Crippen molar-refractivity contribution in [2.24, 2.45) is 0 Å². The Hall–Kier alpha value is -2.94. The number of non-ortho nitro benzene ring substituents is 1. The van der Waals surface area contributed by atoms with Gasteiger partial charge in [0.25, 0.3) is 5.69 Å². The Morgan fingerprint density at radius 1 is 1.20 bits per heavy atom. The fourth-order valence-electron chi connectivity index (χ4n) is 3.46. The van der Waals surface area contributed by atoms with Crippen molar-refractivity contribution in [3.8, 4) is 0 Å². The highest BCUT2D eigenvalue weighted by atomic mass is 32.2. The Morgan fingerprint density at radius 2 is 1.87 bits per heavy atom. The molecule has 2 atom stereocenters. The first-order valence-corrected chi connectivity index (χ1v) is 11.4. The van der Waals surface area contributed by atoms with E-state index in [2.05, 4.69) is 5.32 Å². The number of benzene rings is 2. The molecule has 2 aromatic carbocycles. The number of amides is 1. The van der Waals surface area contributed by atoms with Crippen LogP contribution in [0, 0.1) is 24.0 Å². The highest BCUT2D eigenvalue weighted by molar-refractivity contribution is 7.92. The quantitative estimate of drug-likeness (QED) is 0.505. The lowest BCUT2D eigenvalue weighted by atomic mass is 9.97. The molecule has 0 aliphatic heterocycles. The van der Waals surface area contributed by atoms with Gasteiger partial charge in [-0.25, -0.2) is 8.42 Å². The van der Waals surface area contributed by atoms with E-state index in [9.17, 15) is 23.3 Å². The van der Waals surface area contributed by atoms with Gasteiger partial charge < -0.3 is 5.32 Å². The molecule has 8 nitrogen and oxygen atoms in total. The van der Waals surface area contributed by atoms with Gasteiger partial charge in [-0.05, 0) is 44.4 Å². The zero-order valence-electron chi connectivity index (χ0n) is 17.7. The summed E-state index contributed by atoms with van der Waals surface area (Å²) in [5.74, 6) is -0.487. The van der Waals surface area contributed by atoms with Gasteiger partial charge in [-0.3, -0.25) is 19.2 Å². The second-order valence-electron chi connectivity index (χ2n) is 7.34. The van der Waals surface area contributed by atoms with Gasteiger partial charge in [-0.1, -0.05) is 36.8 Å². The lowest BCUT2D eigenvalue weighted by molar-refractivity contribution is -0.384. The molecule has 0 spiro atoms. The number of nitro benzene ring substituents is 1. The number of nitrogens with zero attached hydrogens (tertiary/aromatic N) is 2. The number of aryl methyl sites for hydroxylation is 2. The molecular formula is C21H27N3O5S. The fourth-order valence-corrected chi connectivity index (χ4v) is 4.63. The van der Waals surface area contributed by atoms with Crippen LogP contribution in [0.3, 0.4) is 0 Å². The molecule has 1 amide bonds. The predicted octanol–water partition coefficient (Wildman–Crippen LogP) is 3.63. The number of anilines is 1. The Kier molecular flexibility index (Phi) is 7.20. The van der Waals surface area contributed by atoms with Crippen molar-refractivity contribution in [1.82, 2.24) is 5.32 Å². The number of carbonyl (C=O) groups excluding carboxylic acids is 1. The molecule has 2 rings (SSSR count). The summed E-state index contributed by atoms with van der Waals surface area (Å²) in [7, 11) is -3.88. The van der Waals surface area contributed by atoms with Crippen LogP contribution in [0.5, 0.6) is 0 Å². The summed E-state index contributed by atoms with van der Waals surface area (Å²) in [5, 5.41) is 14.0. The summed E-state index contributed by atoms with van der Waals surface area (Å²) in [5.41, 5.74) is 2.92. The third-order valence-electron chi connectivity index (χ3n) is 4.91. The van der Waals surface area contributed by atoms with Crippen molar-refractivity contribution >= 4 is 27.3 Å². The molecule has 0 radical (unpaired) electrons. The molecule has 0 aliphatic carbocycles. The summed E-state index contributed by atoms with van der Waals surface area (Å²) in [6.45, 7) is 7.35. The molecule has 162 valence electrons. The molecule has 0 saturated carbocycles. The Balaban J connectivity index is 2.36. The second kappa shape index (κ2) is 9.25. The largest absolute Gasteiger partial charge is 0.347 e.